The number of rotatable bonds is 73. The van der Waals surface area contributed by atoms with Gasteiger partial charge in [0.05, 0.1) is 5.57 Å². The molecular formula is C97H170N2Ni. The van der Waals surface area contributed by atoms with Crippen molar-refractivity contribution in [2.24, 2.45) is 0 Å². The number of allylic oxidation sites excluding steroid dienone is 4. The number of aryl methyl sites for hydroxylation is 2. The van der Waals surface area contributed by atoms with Gasteiger partial charge in [-0.1, -0.05) is 328 Å². The van der Waals surface area contributed by atoms with Gasteiger partial charge in [-0.05, 0) is 74.3 Å². The first kappa shape index (κ1) is 93.4. The molecule has 2 nitrogen and oxygen atoms in total. The molecule has 0 bridgehead atoms. The number of hydrogen-bond donors (Lipinski definition) is 0. The molecule has 0 N–H and O–H groups in total. The SMILES string of the molecule is CCCCCC=CC1=C(c2ccc(CC)cc2)[N+](=[N-])C(c2ccccc2CCC#CCCCCCCCCCCCCCCCCCCCCCCCCCC)=C1CCCC.CCCCCCCCCCCCCCCCCC[CH2][Ni][CH2]CCCCCCCCCCCCCCCCCC. The molecule has 0 saturated carbocycles. The van der Waals surface area contributed by atoms with Gasteiger partial charge in [0.15, 0.2) is 0 Å². The van der Waals surface area contributed by atoms with Crippen LogP contribution < -0.4 is 0 Å². The molecule has 1 aliphatic rings. The summed E-state index contributed by atoms with van der Waals surface area (Å²) in [7, 11) is 0. The van der Waals surface area contributed by atoms with Crippen LogP contribution in [-0.4, -0.2) is 4.70 Å². The Balaban J connectivity index is 0.000000754. The molecule has 0 aromatic heterocycles. The standard InChI is InChI=1S/C59H92N2.2C19H39.Ni/c1-5-9-12-14-15-16-17-18-19-20-21-22-23-24-25-26-27-28-29-30-31-32-33-34-35-36-38-39-43-53-44-41-42-46-55(53)59-57(45-11-7-3)56(47-40-37-13-10-6-2)58(61(59)60)54-50-48-52(8-4)49-51-54;2*1-3-5-7-9-11-13-15-17-19-18-16-14-12-10-8-6-4-2;/h40-42,44,46-51H,5-35,37,39,43,45H2,1-4H3;2*1,3-19H2,2H3;. The van der Waals surface area contributed by atoms with Crippen molar-refractivity contribution in [3.63, 3.8) is 0 Å². The molecule has 3 rings (SSSR count). The fraction of sp³-hybridized carbons (Fsp3) is 0.794. The maximum absolute atomic E-state index is 12.1. The summed E-state index contributed by atoms with van der Waals surface area (Å²) in [6.07, 6.45) is 101. The van der Waals surface area contributed by atoms with Gasteiger partial charge >= 0.3 is 166 Å². The molecule has 578 valence electrons. The van der Waals surface area contributed by atoms with Gasteiger partial charge in [-0.2, -0.15) is 0 Å². The van der Waals surface area contributed by atoms with Crippen molar-refractivity contribution in [3.8, 4) is 11.8 Å². The van der Waals surface area contributed by atoms with Gasteiger partial charge in [0.2, 0.25) is 11.4 Å². The fourth-order valence-electron chi connectivity index (χ4n) is 14.9. The van der Waals surface area contributed by atoms with Crippen LogP contribution in [0.15, 0.2) is 71.8 Å². The third-order valence-electron chi connectivity index (χ3n) is 21.7. The van der Waals surface area contributed by atoms with Gasteiger partial charge in [-0.3, -0.25) is 0 Å². The summed E-state index contributed by atoms with van der Waals surface area (Å²) in [6.45, 7) is 13.6. The third kappa shape index (κ3) is 54.0. The first-order valence-corrected chi connectivity index (χ1v) is 46.7. The Labute approximate surface area is 633 Å². The van der Waals surface area contributed by atoms with E-state index in [-0.39, 0.29) is 0 Å². The molecule has 0 spiro atoms. The second kappa shape index (κ2) is 74.6. The monoisotopic (exact) mass is 1420 g/mol. The quantitative estimate of drug-likeness (QED) is 0.0273. The molecule has 0 atom stereocenters. The molecule has 2 aromatic carbocycles. The summed E-state index contributed by atoms with van der Waals surface area (Å²) in [5, 5.41) is 2.87. The Hall–Kier alpha value is -2.69. The van der Waals surface area contributed by atoms with Crippen molar-refractivity contribution in [1.82, 2.24) is 0 Å². The first-order valence-electron chi connectivity index (χ1n) is 45.3. The molecular weight excluding hydrogens is 1250 g/mol. The molecule has 2 aromatic rings. The average Bonchev–Trinajstić information content (AvgIpc) is 1.60. The van der Waals surface area contributed by atoms with E-state index in [1.165, 1.54) is 429 Å². The van der Waals surface area contributed by atoms with E-state index in [1.807, 2.05) is 14.4 Å². The van der Waals surface area contributed by atoms with Gasteiger partial charge in [0.25, 0.3) is 0 Å². The summed E-state index contributed by atoms with van der Waals surface area (Å²) < 4.78 is 1.52. The van der Waals surface area contributed by atoms with E-state index in [9.17, 15) is 5.53 Å². The summed E-state index contributed by atoms with van der Waals surface area (Å²) in [4.78, 5) is 0. The van der Waals surface area contributed by atoms with E-state index in [1.54, 1.807) is 0 Å². The van der Waals surface area contributed by atoms with Crippen molar-refractivity contribution in [1.29, 1.82) is 0 Å². The van der Waals surface area contributed by atoms with E-state index < -0.39 is 0 Å². The van der Waals surface area contributed by atoms with Crippen LogP contribution in [0.2, 0.25) is 10.8 Å². The van der Waals surface area contributed by atoms with Crippen LogP contribution in [0.1, 0.15) is 494 Å². The predicted molar refractivity (Wildman–Crippen MR) is 448 cm³/mol. The van der Waals surface area contributed by atoms with Crippen LogP contribution in [0.25, 0.3) is 16.9 Å². The van der Waals surface area contributed by atoms with E-state index in [0.29, 0.717) is 0 Å². The normalized spacial score (nSPS) is 12.4. The Morgan fingerprint density at radius 3 is 1.00 bits per heavy atom. The van der Waals surface area contributed by atoms with Gasteiger partial charge in [0, 0.05) is 29.5 Å². The summed E-state index contributed by atoms with van der Waals surface area (Å²) >= 11 is 2.05. The van der Waals surface area contributed by atoms with Crippen LogP contribution in [0.4, 0.5) is 0 Å². The predicted octanol–water partition coefficient (Wildman–Crippen LogP) is 34.7. The van der Waals surface area contributed by atoms with Crippen LogP contribution in [0.5, 0.6) is 0 Å². The molecule has 1 heterocycles. The summed E-state index contributed by atoms with van der Waals surface area (Å²) in [5.74, 6) is 7.01. The summed E-state index contributed by atoms with van der Waals surface area (Å²) in [5.41, 5.74) is 21.2. The van der Waals surface area contributed by atoms with Crippen LogP contribution in [-0.2, 0) is 27.3 Å². The van der Waals surface area contributed by atoms with Crippen LogP contribution in [0, 0.1) is 11.8 Å². The summed E-state index contributed by atoms with van der Waals surface area (Å²) in [6, 6.07) is 17.5. The number of hydrogen-bond acceptors (Lipinski definition) is 0. The molecule has 100 heavy (non-hydrogen) atoms. The smallest absolute Gasteiger partial charge is 0.0654 e. The Morgan fingerprint density at radius 2 is 0.640 bits per heavy atom. The van der Waals surface area contributed by atoms with E-state index in [4.69, 9.17) is 0 Å². The second-order valence-electron chi connectivity index (χ2n) is 31.1. The van der Waals surface area contributed by atoms with Crippen molar-refractivity contribution in [3.05, 3.63) is 99.6 Å². The molecule has 0 aliphatic carbocycles. The zero-order valence-electron chi connectivity index (χ0n) is 68.2. The van der Waals surface area contributed by atoms with Gasteiger partial charge in [0.1, 0.15) is 0 Å². The van der Waals surface area contributed by atoms with Crippen LogP contribution in [0.3, 0.4) is 0 Å². The minimum atomic E-state index is 0.850. The van der Waals surface area contributed by atoms with Gasteiger partial charge < -0.3 is 5.53 Å². The first-order chi connectivity index (χ1) is 49.6. The minimum Gasteiger partial charge on any atom is -0.0654 e. The van der Waals surface area contributed by atoms with E-state index in [2.05, 4.69) is 114 Å². The van der Waals surface area contributed by atoms with Crippen molar-refractivity contribution < 1.29 is 19.1 Å². The van der Waals surface area contributed by atoms with Crippen molar-refractivity contribution in [2.45, 2.75) is 495 Å². The molecule has 0 saturated heterocycles. The number of nitrogens with zero attached hydrogens (tertiary/aromatic N) is 2. The van der Waals surface area contributed by atoms with Gasteiger partial charge in [-0.25, -0.2) is 4.70 Å². The number of benzene rings is 2. The molecule has 0 amide bonds. The molecule has 0 radical (unpaired) electrons. The Morgan fingerprint density at radius 1 is 0.320 bits per heavy atom. The molecule has 0 fully saturated rings. The topological polar surface area (TPSA) is 25.3 Å². The van der Waals surface area contributed by atoms with E-state index in [0.717, 1.165) is 73.9 Å². The molecule has 1 aliphatic heterocycles. The Kier molecular flexibility index (Phi) is 69.7. The number of unbranched alkanes of at least 4 members (excludes halogenated alkanes) is 60. The molecule has 0 unspecified atom stereocenters. The van der Waals surface area contributed by atoms with Crippen LogP contribution >= 0.6 is 0 Å². The zero-order valence-corrected chi connectivity index (χ0v) is 69.2. The Bertz CT molecular complexity index is 2200. The molecule has 3 heteroatoms. The van der Waals surface area contributed by atoms with Crippen molar-refractivity contribution >= 4 is 11.4 Å². The zero-order chi connectivity index (χ0) is 71.6. The average molecular weight is 1420 g/mol. The van der Waals surface area contributed by atoms with Gasteiger partial charge in [-0.15, -0.1) is 11.8 Å². The third-order valence-corrected chi connectivity index (χ3v) is 23.1. The second-order valence-corrected chi connectivity index (χ2v) is 32.6. The minimum absolute atomic E-state index is 0.850. The fourth-order valence-corrected chi connectivity index (χ4v) is 16.2. The van der Waals surface area contributed by atoms with Crippen molar-refractivity contribution in [2.75, 3.05) is 0 Å². The maximum atomic E-state index is 12.1. The van der Waals surface area contributed by atoms with E-state index >= 15 is 0 Å².